The lowest BCUT2D eigenvalue weighted by Crippen LogP contribution is -2.06. The van der Waals surface area contributed by atoms with Gasteiger partial charge in [-0.15, -0.1) is 0 Å². The van der Waals surface area contributed by atoms with E-state index in [2.05, 4.69) is 0 Å². The van der Waals surface area contributed by atoms with Crippen molar-refractivity contribution in [2.45, 2.75) is 20.3 Å². The third-order valence-corrected chi connectivity index (χ3v) is 2.83. The second-order valence-electron chi connectivity index (χ2n) is 4.58. The predicted molar refractivity (Wildman–Crippen MR) is 78.3 cm³/mol. The zero-order chi connectivity index (χ0) is 15.2. The Labute approximate surface area is 123 Å². The molecule has 2 aromatic rings. The fraction of sp³-hybridized carbons (Fsp3) is 0.176. The molecule has 0 fully saturated rings. The van der Waals surface area contributed by atoms with Crippen LogP contribution < -0.4 is 9.47 Å². The molecule has 0 aliphatic heterocycles. The second-order valence-corrected chi connectivity index (χ2v) is 4.58. The number of para-hydroxylation sites is 2. The van der Waals surface area contributed by atoms with Gasteiger partial charge in [0.1, 0.15) is 11.5 Å². The zero-order valence-corrected chi connectivity index (χ0v) is 12.0. The van der Waals surface area contributed by atoms with Crippen molar-refractivity contribution >= 4 is 11.9 Å². The molecule has 0 bridgehead atoms. The maximum atomic E-state index is 11.1. The summed E-state index contributed by atoms with van der Waals surface area (Å²) >= 11 is 0. The average molecular weight is 284 g/mol. The highest BCUT2D eigenvalue weighted by Crippen LogP contribution is 2.26. The minimum Gasteiger partial charge on any atom is -0.426 e. The molecular formula is C17H16O4. The Bertz CT molecular complexity index is 604. The molecule has 0 saturated heterocycles. The second kappa shape index (κ2) is 6.70. The maximum absolute atomic E-state index is 11.1. The quantitative estimate of drug-likeness (QED) is 0.639. The van der Waals surface area contributed by atoms with Gasteiger partial charge in [0.05, 0.1) is 0 Å². The zero-order valence-electron chi connectivity index (χ0n) is 12.0. The monoisotopic (exact) mass is 284 g/mol. The molecule has 0 N–H and O–H groups in total. The number of hydrogen-bond acceptors (Lipinski definition) is 4. The van der Waals surface area contributed by atoms with E-state index in [1.807, 2.05) is 24.3 Å². The Kier molecular flexibility index (Phi) is 4.72. The van der Waals surface area contributed by atoms with Crippen LogP contribution >= 0.6 is 0 Å². The largest absolute Gasteiger partial charge is 0.426 e. The van der Waals surface area contributed by atoms with Gasteiger partial charge in [-0.3, -0.25) is 9.59 Å². The number of ether oxygens (including phenoxy) is 2. The van der Waals surface area contributed by atoms with E-state index in [-0.39, 0.29) is 11.9 Å². The third-order valence-electron chi connectivity index (χ3n) is 2.83. The number of hydrogen-bond donors (Lipinski definition) is 0. The molecule has 0 saturated carbocycles. The Balaban J connectivity index is 2.30. The lowest BCUT2D eigenvalue weighted by molar-refractivity contribution is -0.132. The molecule has 0 aliphatic rings. The summed E-state index contributed by atoms with van der Waals surface area (Å²) in [5, 5.41) is 0. The van der Waals surface area contributed by atoms with E-state index >= 15 is 0 Å². The molecule has 21 heavy (non-hydrogen) atoms. The summed E-state index contributed by atoms with van der Waals surface area (Å²) in [6.45, 7) is 2.73. The number of rotatable bonds is 4. The highest BCUT2D eigenvalue weighted by atomic mass is 16.5. The summed E-state index contributed by atoms with van der Waals surface area (Å²) in [5.41, 5.74) is 1.71. The van der Waals surface area contributed by atoms with Crippen molar-refractivity contribution in [2.75, 3.05) is 0 Å². The van der Waals surface area contributed by atoms with Gasteiger partial charge in [0.25, 0.3) is 0 Å². The number of esters is 2. The van der Waals surface area contributed by atoms with Crippen LogP contribution in [0.25, 0.3) is 0 Å². The summed E-state index contributed by atoms with van der Waals surface area (Å²) in [4.78, 5) is 22.3. The van der Waals surface area contributed by atoms with Crippen LogP contribution in [0.15, 0.2) is 48.5 Å². The van der Waals surface area contributed by atoms with Crippen LogP contribution in [0, 0.1) is 0 Å². The van der Waals surface area contributed by atoms with Crippen LogP contribution in [0.2, 0.25) is 0 Å². The van der Waals surface area contributed by atoms with E-state index in [9.17, 15) is 9.59 Å². The normalized spacial score (nSPS) is 10.0. The Hall–Kier alpha value is -2.62. The highest BCUT2D eigenvalue weighted by Gasteiger charge is 2.10. The van der Waals surface area contributed by atoms with Crippen molar-refractivity contribution in [3.05, 3.63) is 59.7 Å². The van der Waals surface area contributed by atoms with Crippen molar-refractivity contribution in [3.63, 3.8) is 0 Å². The number of carbonyl (C=O) groups excluding carboxylic acids is 2. The average Bonchev–Trinajstić information content (AvgIpc) is 2.42. The highest BCUT2D eigenvalue weighted by molar-refractivity contribution is 5.70. The van der Waals surface area contributed by atoms with Crippen LogP contribution in [0.4, 0.5) is 0 Å². The van der Waals surface area contributed by atoms with Crippen LogP contribution in [0.1, 0.15) is 25.0 Å². The van der Waals surface area contributed by atoms with Crippen molar-refractivity contribution in [1.29, 1.82) is 0 Å². The third kappa shape index (κ3) is 4.18. The van der Waals surface area contributed by atoms with E-state index in [4.69, 9.17) is 9.47 Å². The van der Waals surface area contributed by atoms with Crippen molar-refractivity contribution < 1.29 is 19.1 Å². The van der Waals surface area contributed by atoms with Gasteiger partial charge in [-0.2, -0.15) is 0 Å². The molecule has 2 aromatic carbocycles. The molecule has 4 nitrogen and oxygen atoms in total. The smallest absolute Gasteiger partial charge is 0.308 e. The summed E-state index contributed by atoms with van der Waals surface area (Å²) in [5.74, 6) is 0.302. The van der Waals surface area contributed by atoms with Crippen molar-refractivity contribution in [2.24, 2.45) is 0 Å². The van der Waals surface area contributed by atoms with Crippen LogP contribution in [-0.4, -0.2) is 11.9 Å². The molecule has 4 heteroatoms. The summed E-state index contributed by atoms with van der Waals surface area (Å²) in [7, 11) is 0. The number of benzene rings is 2. The van der Waals surface area contributed by atoms with E-state index in [0.717, 1.165) is 11.1 Å². The topological polar surface area (TPSA) is 52.6 Å². The van der Waals surface area contributed by atoms with Gasteiger partial charge < -0.3 is 9.47 Å². The lowest BCUT2D eigenvalue weighted by Gasteiger charge is -2.11. The first-order valence-electron chi connectivity index (χ1n) is 6.59. The van der Waals surface area contributed by atoms with E-state index in [1.54, 1.807) is 24.3 Å². The molecule has 0 spiro atoms. The molecular weight excluding hydrogens is 268 g/mol. The van der Waals surface area contributed by atoms with Crippen LogP contribution in [0.5, 0.6) is 11.5 Å². The first-order valence-corrected chi connectivity index (χ1v) is 6.59. The summed E-state index contributed by atoms with van der Waals surface area (Å²) in [6.07, 6.45) is 0.507. The van der Waals surface area contributed by atoms with E-state index < -0.39 is 0 Å². The van der Waals surface area contributed by atoms with Gasteiger partial charge >= 0.3 is 11.9 Å². The number of carbonyl (C=O) groups is 2. The summed E-state index contributed by atoms with van der Waals surface area (Å²) < 4.78 is 10.4. The first kappa shape index (κ1) is 14.8. The fourth-order valence-corrected chi connectivity index (χ4v) is 2.01. The Morgan fingerprint density at radius 2 is 1.14 bits per heavy atom. The van der Waals surface area contributed by atoms with Crippen LogP contribution in [-0.2, 0) is 16.0 Å². The van der Waals surface area contributed by atoms with Gasteiger partial charge in [-0.25, -0.2) is 0 Å². The molecule has 0 aromatic heterocycles. The van der Waals surface area contributed by atoms with Gasteiger partial charge in [0.2, 0.25) is 0 Å². The molecule has 0 atom stereocenters. The SMILES string of the molecule is CC(=O)Oc1ccccc1Cc1ccccc1OC(C)=O. The molecule has 2 rings (SSSR count). The molecule has 0 heterocycles. The molecule has 0 amide bonds. The molecule has 0 aliphatic carbocycles. The van der Waals surface area contributed by atoms with Crippen molar-refractivity contribution in [1.82, 2.24) is 0 Å². The van der Waals surface area contributed by atoms with Gasteiger partial charge in [-0.1, -0.05) is 36.4 Å². The Morgan fingerprint density at radius 3 is 1.52 bits per heavy atom. The first-order chi connectivity index (χ1) is 10.1. The van der Waals surface area contributed by atoms with Gasteiger partial charge in [0, 0.05) is 20.3 Å². The summed E-state index contributed by atoms with van der Waals surface area (Å²) in [6, 6.07) is 14.6. The van der Waals surface area contributed by atoms with Gasteiger partial charge in [0.15, 0.2) is 0 Å². The van der Waals surface area contributed by atoms with Gasteiger partial charge in [-0.05, 0) is 23.3 Å². The Morgan fingerprint density at radius 1 is 0.762 bits per heavy atom. The van der Waals surface area contributed by atoms with Crippen molar-refractivity contribution in [3.8, 4) is 11.5 Å². The maximum Gasteiger partial charge on any atom is 0.308 e. The molecule has 0 radical (unpaired) electrons. The predicted octanol–water partition coefficient (Wildman–Crippen LogP) is 3.13. The standard InChI is InChI=1S/C17H16O4/c1-12(18)20-16-9-5-3-7-14(16)11-15-8-4-6-10-17(15)21-13(2)19/h3-10H,11H2,1-2H3. The fourth-order valence-electron chi connectivity index (χ4n) is 2.01. The van der Waals surface area contributed by atoms with E-state index in [1.165, 1.54) is 13.8 Å². The van der Waals surface area contributed by atoms with Crippen LogP contribution in [0.3, 0.4) is 0 Å². The minimum absolute atomic E-state index is 0.365. The molecule has 108 valence electrons. The minimum atomic E-state index is -0.365. The lowest BCUT2D eigenvalue weighted by atomic mass is 10.0. The van der Waals surface area contributed by atoms with E-state index in [0.29, 0.717) is 17.9 Å². The molecule has 0 unspecified atom stereocenters.